The molecule has 1 aromatic carbocycles. The number of carboxylic acids is 1. The first-order valence-electron chi connectivity index (χ1n) is 8.52. The predicted molar refractivity (Wildman–Crippen MR) is 92.5 cm³/mol. The Labute approximate surface area is 151 Å². The van der Waals surface area contributed by atoms with Crippen LogP contribution in [0.5, 0.6) is 11.5 Å². The summed E-state index contributed by atoms with van der Waals surface area (Å²) in [4.78, 5) is 18.3. The summed E-state index contributed by atoms with van der Waals surface area (Å²) in [5.74, 6) is 1.39. The molecule has 0 bridgehead atoms. The first kappa shape index (κ1) is 18.2. The average Bonchev–Trinajstić information content (AvgIpc) is 3.08. The fourth-order valence-corrected chi connectivity index (χ4v) is 3.42. The minimum atomic E-state index is -0.914. The molecule has 8 nitrogen and oxygen atoms in total. The number of carbonyl (C=O) groups is 1. The summed E-state index contributed by atoms with van der Waals surface area (Å²) in [6, 6.07) is 4.40. The lowest BCUT2D eigenvalue weighted by atomic mass is 9.94. The van der Waals surface area contributed by atoms with Crippen LogP contribution in [0.1, 0.15) is 42.1 Å². The third kappa shape index (κ3) is 3.80. The van der Waals surface area contributed by atoms with Gasteiger partial charge in [0, 0.05) is 12.6 Å². The van der Waals surface area contributed by atoms with E-state index in [1.807, 2.05) is 4.90 Å². The first-order valence-corrected chi connectivity index (χ1v) is 8.52. The number of rotatable bonds is 6. The van der Waals surface area contributed by atoms with Crippen LogP contribution in [0.3, 0.4) is 0 Å². The second kappa shape index (κ2) is 7.74. The molecule has 0 radical (unpaired) electrons. The Kier molecular flexibility index (Phi) is 5.41. The molecule has 0 aliphatic carbocycles. The van der Waals surface area contributed by atoms with Crippen LogP contribution in [0.4, 0.5) is 0 Å². The van der Waals surface area contributed by atoms with Gasteiger partial charge >= 0.3 is 5.97 Å². The molecule has 1 fully saturated rings. The van der Waals surface area contributed by atoms with Gasteiger partial charge in [-0.1, -0.05) is 5.16 Å². The van der Waals surface area contributed by atoms with Crippen LogP contribution < -0.4 is 9.47 Å². The molecule has 2 unspecified atom stereocenters. The van der Waals surface area contributed by atoms with Crippen LogP contribution >= 0.6 is 0 Å². The van der Waals surface area contributed by atoms with E-state index >= 15 is 0 Å². The number of hydrogen-bond donors (Lipinski definition) is 1. The maximum absolute atomic E-state index is 12.1. The average molecular weight is 361 g/mol. The van der Waals surface area contributed by atoms with E-state index in [-0.39, 0.29) is 5.92 Å². The van der Waals surface area contributed by atoms with Gasteiger partial charge in [-0.15, -0.1) is 0 Å². The van der Waals surface area contributed by atoms with E-state index in [0.717, 1.165) is 12.8 Å². The van der Waals surface area contributed by atoms with Crippen molar-refractivity contribution in [3.8, 4) is 11.5 Å². The maximum Gasteiger partial charge on any atom is 0.325 e. The van der Waals surface area contributed by atoms with Gasteiger partial charge in [-0.25, -0.2) is 0 Å². The van der Waals surface area contributed by atoms with E-state index in [2.05, 4.69) is 10.1 Å². The molecule has 1 saturated heterocycles. The predicted octanol–water partition coefficient (Wildman–Crippen LogP) is 2.40. The lowest BCUT2D eigenvalue weighted by molar-refractivity contribution is -0.144. The highest BCUT2D eigenvalue weighted by Gasteiger charge is 2.34. The normalized spacial score (nSPS) is 19.1. The Morgan fingerprint density at radius 3 is 2.54 bits per heavy atom. The molecular weight excluding hydrogens is 338 g/mol. The largest absolute Gasteiger partial charge is 0.497 e. The van der Waals surface area contributed by atoms with Crippen LogP contribution in [0.15, 0.2) is 22.7 Å². The second-order valence-electron chi connectivity index (χ2n) is 6.40. The zero-order chi connectivity index (χ0) is 18.7. The van der Waals surface area contributed by atoms with Gasteiger partial charge in [-0.2, -0.15) is 4.98 Å². The summed E-state index contributed by atoms with van der Waals surface area (Å²) in [5, 5.41) is 13.7. The molecular formula is C18H23N3O5. The smallest absolute Gasteiger partial charge is 0.325 e. The van der Waals surface area contributed by atoms with Crippen molar-refractivity contribution in [3.63, 3.8) is 0 Å². The SMILES string of the molecule is COc1cc(OC)cc(C(C(=O)O)N2CCCC(c3nc(C)no3)C2)c1. The monoisotopic (exact) mass is 361 g/mol. The number of aliphatic carboxylic acids is 1. The fourth-order valence-electron chi connectivity index (χ4n) is 3.42. The number of likely N-dealkylation sites (tertiary alicyclic amines) is 1. The number of hydrogen-bond acceptors (Lipinski definition) is 7. The molecule has 1 N–H and O–H groups in total. The molecule has 1 aliphatic heterocycles. The molecule has 2 atom stereocenters. The van der Waals surface area contributed by atoms with Crippen LogP contribution in [0.25, 0.3) is 0 Å². The molecule has 0 amide bonds. The molecule has 26 heavy (non-hydrogen) atoms. The van der Waals surface area contributed by atoms with Gasteiger partial charge in [-0.3, -0.25) is 9.69 Å². The van der Waals surface area contributed by atoms with Crippen LogP contribution in [-0.4, -0.2) is 53.4 Å². The van der Waals surface area contributed by atoms with Gasteiger partial charge in [0.05, 0.1) is 20.1 Å². The van der Waals surface area contributed by atoms with E-state index in [9.17, 15) is 9.90 Å². The number of aryl methyl sites for hydroxylation is 1. The standard InChI is InChI=1S/C18H23N3O5/c1-11-19-17(26-20-11)12-5-4-6-21(10-12)16(18(22)23)13-7-14(24-2)9-15(8-13)25-3/h7-9,12,16H,4-6,10H2,1-3H3,(H,22,23). The van der Waals surface area contributed by atoms with Gasteiger partial charge in [0.15, 0.2) is 5.82 Å². The molecule has 1 aliphatic rings. The van der Waals surface area contributed by atoms with E-state index in [4.69, 9.17) is 14.0 Å². The zero-order valence-electron chi connectivity index (χ0n) is 15.1. The highest BCUT2D eigenvalue weighted by Crippen LogP contribution is 2.34. The Balaban J connectivity index is 1.89. The number of methoxy groups -OCH3 is 2. The summed E-state index contributed by atoms with van der Waals surface area (Å²) < 4.78 is 15.9. The quantitative estimate of drug-likeness (QED) is 0.837. The number of aromatic nitrogens is 2. The topological polar surface area (TPSA) is 97.9 Å². The Morgan fingerprint density at radius 1 is 1.31 bits per heavy atom. The van der Waals surface area contributed by atoms with Crippen molar-refractivity contribution in [1.82, 2.24) is 15.0 Å². The highest BCUT2D eigenvalue weighted by molar-refractivity contribution is 5.76. The van der Waals surface area contributed by atoms with Crippen molar-refractivity contribution in [3.05, 3.63) is 35.5 Å². The van der Waals surface area contributed by atoms with Crippen LogP contribution in [0.2, 0.25) is 0 Å². The fraction of sp³-hybridized carbons (Fsp3) is 0.500. The minimum Gasteiger partial charge on any atom is -0.497 e. The van der Waals surface area contributed by atoms with Crippen molar-refractivity contribution in [1.29, 1.82) is 0 Å². The lowest BCUT2D eigenvalue weighted by Gasteiger charge is -2.35. The van der Waals surface area contributed by atoms with Gasteiger partial charge in [0.1, 0.15) is 17.5 Å². The molecule has 0 saturated carbocycles. The highest BCUT2D eigenvalue weighted by atomic mass is 16.5. The van der Waals surface area contributed by atoms with Gasteiger partial charge in [0.25, 0.3) is 0 Å². The van der Waals surface area contributed by atoms with Gasteiger partial charge in [-0.05, 0) is 44.0 Å². The van der Waals surface area contributed by atoms with Gasteiger partial charge < -0.3 is 19.1 Å². The second-order valence-corrected chi connectivity index (χ2v) is 6.40. The van der Waals surface area contributed by atoms with Gasteiger partial charge in [0.2, 0.25) is 5.89 Å². The number of ether oxygens (including phenoxy) is 2. The van der Waals surface area contributed by atoms with E-state index in [1.54, 1.807) is 39.3 Å². The minimum absolute atomic E-state index is 0.0271. The molecule has 1 aromatic heterocycles. The molecule has 3 rings (SSSR count). The van der Waals surface area contributed by atoms with Crippen molar-refractivity contribution in [2.24, 2.45) is 0 Å². The third-order valence-corrected chi connectivity index (χ3v) is 4.63. The van der Waals surface area contributed by atoms with Crippen LogP contribution in [0, 0.1) is 6.92 Å². The number of piperidine rings is 1. The molecule has 2 aromatic rings. The van der Waals surface area contributed by atoms with E-state index in [1.165, 1.54) is 0 Å². The molecule has 0 spiro atoms. The lowest BCUT2D eigenvalue weighted by Crippen LogP contribution is -2.40. The molecule has 8 heteroatoms. The van der Waals surface area contributed by atoms with Crippen molar-refractivity contribution in [2.45, 2.75) is 31.7 Å². The van der Waals surface area contributed by atoms with E-state index < -0.39 is 12.0 Å². The maximum atomic E-state index is 12.1. The van der Waals surface area contributed by atoms with Crippen molar-refractivity contribution < 1.29 is 23.9 Å². The Hall–Kier alpha value is -2.61. The Bertz CT molecular complexity index is 754. The first-order chi connectivity index (χ1) is 12.5. The molecule has 2 heterocycles. The number of benzene rings is 1. The zero-order valence-corrected chi connectivity index (χ0v) is 15.1. The number of nitrogens with zero attached hydrogens (tertiary/aromatic N) is 3. The summed E-state index contributed by atoms with van der Waals surface area (Å²) in [6.45, 7) is 2.99. The van der Waals surface area contributed by atoms with Crippen LogP contribution in [-0.2, 0) is 4.79 Å². The third-order valence-electron chi connectivity index (χ3n) is 4.63. The number of carboxylic acid groups (broad SMARTS) is 1. The summed E-state index contributed by atoms with van der Waals surface area (Å²) in [6.07, 6.45) is 1.75. The van der Waals surface area contributed by atoms with E-state index in [0.29, 0.717) is 41.9 Å². The van der Waals surface area contributed by atoms with Crippen molar-refractivity contribution >= 4 is 5.97 Å². The summed E-state index contributed by atoms with van der Waals surface area (Å²) >= 11 is 0. The summed E-state index contributed by atoms with van der Waals surface area (Å²) in [5.41, 5.74) is 0.621. The Morgan fingerprint density at radius 2 is 2.00 bits per heavy atom. The summed E-state index contributed by atoms with van der Waals surface area (Å²) in [7, 11) is 3.09. The van der Waals surface area contributed by atoms with Crippen molar-refractivity contribution in [2.75, 3.05) is 27.3 Å². The molecule has 140 valence electrons.